The lowest BCUT2D eigenvalue weighted by atomic mass is 10.3. The Bertz CT molecular complexity index is 919. The molecule has 10 heteroatoms. The summed E-state index contributed by atoms with van der Waals surface area (Å²) >= 11 is 0. The summed E-state index contributed by atoms with van der Waals surface area (Å²) in [6.07, 6.45) is -2.68. The summed E-state index contributed by atoms with van der Waals surface area (Å²) in [5.41, 5.74) is 5.15. The molecule has 0 saturated carbocycles. The van der Waals surface area contributed by atoms with E-state index in [1.807, 2.05) is 0 Å². The van der Waals surface area contributed by atoms with Crippen LogP contribution in [0.25, 0.3) is 16.9 Å². The highest BCUT2D eigenvalue weighted by Crippen LogP contribution is 2.34. The van der Waals surface area contributed by atoms with Crippen molar-refractivity contribution < 1.29 is 22.7 Å². The van der Waals surface area contributed by atoms with Gasteiger partial charge in [-0.1, -0.05) is 0 Å². The molecule has 24 heavy (non-hydrogen) atoms. The number of hydrogen-bond acceptors (Lipinski definition) is 5. The van der Waals surface area contributed by atoms with Crippen LogP contribution in [-0.4, -0.2) is 32.5 Å². The molecule has 0 aliphatic rings. The van der Waals surface area contributed by atoms with Crippen molar-refractivity contribution in [1.82, 2.24) is 19.5 Å². The van der Waals surface area contributed by atoms with Gasteiger partial charge in [-0.15, -0.1) is 0 Å². The molecule has 0 unspecified atom stereocenters. The van der Waals surface area contributed by atoms with E-state index in [1.54, 1.807) is 0 Å². The maximum atomic E-state index is 13.3. The number of nitrogens with two attached hydrogens (primary N) is 1. The monoisotopic (exact) mass is 337 g/mol. The first-order valence-electron chi connectivity index (χ1n) is 6.57. The molecule has 0 radical (unpaired) electrons. The number of aromatic nitrogens is 4. The fourth-order valence-electron chi connectivity index (χ4n) is 2.17. The number of fused-ring (bicyclic) bond motifs is 1. The van der Waals surface area contributed by atoms with Gasteiger partial charge in [0.2, 0.25) is 5.82 Å². The summed E-state index contributed by atoms with van der Waals surface area (Å²) in [5, 5.41) is 0. The van der Waals surface area contributed by atoms with Gasteiger partial charge in [-0.05, 0) is 12.1 Å². The van der Waals surface area contributed by atoms with Crippen LogP contribution in [0.15, 0.2) is 30.6 Å². The zero-order valence-corrected chi connectivity index (χ0v) is 12.2. The van der Waals surface area contributed by atoms with E-state index in [-0.39, 0.29) is 22.5 Å². The molecule has 2 N–H and O–H groups in total. The molecule has 0 spiro atoms. The maximum Gasteiger partial charge on any atom is 0.450 e. The molecule has 0 atom stereocenters. The largest absolute Gasteiger partial charge is 0.497 e. The number of halogens is 3. The number of alkyl halides is 3. The number of imidazole rings is 1. The van der Waals surface area contributed by atoms with E-state index in [0.29, 0.717) is 5.75 Å². The Morgan fingerprint density at radius 1 is 1.25 bits per heavy atom. The Kier molecular flexibility index (Phi) is 3.59. The van der Waals surface area contributed by atoms with E-state index < -0.39 is 17.9 Å². The zero-order chi connectivity index (χ0) is 17.5. The van der Waals surface area contributed by atoms with E-state index >= 15 is 0 Å². The van der Waals surface area contributed by atoms with Crippen LogP contribution < -0.4 is 10.5 Å². The minimum absolute atomic E-state index is 0.115. The van der Waals surface area contributed by atoms with Gasteiger partial charge in [-0.3, -0.25) is 9.36 Å². The van der Waals surface area contributed by atoms with Crippen LogP contribution in [0.4, 0.5) is 13.2 Å². The molecule has 0 saturated heterocycles. The van der Waals surface area contributed by atoms with Crippen molar-refractivity contribution in [1.29, 1.82) is 0 Å². The molecule has 2 aromatic heterocycles. The summed E-state index contributed by atoms with van der Waals surface area (Å²) in [4.78, 5) is 22.2. The normalized spacial score (nSPS) is 11.7. The molecule has 7 nitrogen and oxygen atoms in total. The van der Waals surface area contributed by atoms with Gasteiger partial charge in [0, 0.05) is 6.07 Å². The number of hydrogen-bond donors (Lipinski definition) is 1. The summed E-state index contributed by atoms with van der Waals surface area (Å²) in [6, 6.07) is 4.31. The van der Waals surface area contributed by atoms with E-state index in [1.165, 1.54) is 25.3 Å². The van der Waals surface area contributed by atoms with Crippen molar-refractivity contribution >= 4 is 16.9 Å². The summed E-state index contributed by atoms with van der Waals surface area (Å²) in [5.74, 6) is -1.78. The summed E-state index contributed by atoms with van der Waals surface area (Å²) < 4.78 is 45.8. The molecule has 1 aromatic carbocycles. The van der Waals surface area contributed by atoms with E-state index in [4.69, 9.17) is 10.5 Å². The van der Waals surface area contributed by atoms with Crippen molar-refractivity contribution in [2.75, 3.05) is 7.11 Å². The second-order valence-electron chi connectivity index (χ2n) is 4.75. The predicted octanol–water partition coefficient (Wildman–Crippen LogP) is 1.94. The van der Waals surface area contributed by atoms with E-state index in [9.17, 15) is 18.0 Å². The SMILES string of the molecule is COc1ccc2nc(C(F)(F)F)n(-c3cnc(C(N)=O)cn3)c2c1. The zero-order valence-electron chi connectivity index (χ0n) is 12.2. The smallest absolute Gasteiger partial charge is 0.450 e. The number of carbonyl (C=O) groups excluding carboxylic acids is 1. The van der Waals surface area contributed by atoms with Crippen LogP contribution in [0, 0.1) is 0 Å². The molecule has 3 aromatic rings. The molecule has 0 bridgehead atoms. The Labute approximate surface area is 132 Å². The number of methoxy groups -OCH3 is 1. The molecule has 0 aliphatic heterocycles. The fourth-order valence-corrected chi connectivity index (χ4v) is 2.17. The number of ether oxygens (including phenoxy) is 1. The van der Waals surface area contributed by atoms with Crippen LogP contribution in [0.1, 0.15) is 16.3 Å². The van der Waals surface area contributed by atoms with Crippen molar-refractivity contribution in [3.8, 4) is 11.6 Å². The van der Waals surface area contributed by atoms with Crippen molar-refractivity contribution in [2.24, 2.45) is 5.73 Å². The standard InChI is InChI=1S/C14H10F3N5O2/c1-24-7-2-3-8-10(4-7)22(13(21-8)14(15,16)17)11-6-19-9(5-20-11)12(18)23/h2-6H,1H3,(H2,18,23). The van der Waals surface area contributed by atoms with Crippen molar-refractivity contribution in [3.63, 3.8) is 0 Å². The molecule has 1 amide bonds. The van der Waals surface area contributed by atoms with Gasteiger partial charge in [0.25, 0.3) is 5.91 Å². The topological polar surface area (TPSA) is 95.9 Å². The van der Waals surface area contributed by atoms with Crippen LogP contribution in [0.2, 0.25) is 0 Å². The number of rotatable bonds is 3. The second-order valence-corrected chi connectivity index (χ2v) is 4.75. The highest BCUT2D eigenvalue weighted by molar-refractivity contribution is 5.90. The minimum Gasteiger partial charge on any atom is -0.497 e. The highest BCUT2D eigenvalue weighted by atomic mass is 19.4. The van der Waals surface area contributed by atoms with Gasteiger partial charge in [-0.25, -0.2) is 15.0 Å². The quantitative estimate of drug-likeness (QED) is 0.788. The lowest BCUT2D eigenvalue weighted by molar-refractivity contribution is -0.145. The number of amides is 1. The first-order valence-corrected chi connectivity index (χ1v) is 6.57. The molecule has 3 rings (SSSR count). The van der Waals surface area contributed by atoms with Gasteiger partial charge in [0.05, 0.1) is 30.5 Å². The molecule has 0 aliphatic carbocycles. The summed E-state index contributed by atoms with van der Waals surface area (Å²) in [7, 11) is 1.40. The van der Waals surface area contributed by atoms with Crippen molar-refractivity contribution in [3.05, 3.63) is 42.1 Å². The summed E-state index contributed by atoms with van der Waals surface area (Å²) in [6.45, 7) is 0. The fraction of sp³-hybridized carbons (Fsp3) is 0.143. The second kappa shape index (κ2) is 5.48. The number of benzene rings is 1. The average molecular weight is 337 g/mol. The van der Waals surface area contributed by atoms with Gasteiger partial charge in [0.1, 0.15) is 11.4 Å². The van der Waals surface area contributed by atoms with Crippen LogP contribution in [-0.2, 0) is 6.18 Å². The van der Waals surface area contributed by atoms with Crippen LogP contribution >= 0.6 is 0 Å². The Hall–Kier alpha value is -3.17. The molecular weight excluding hydrogens is 327 g/mol. The minimum atomic E-state index is -4.71. The predicted molar refractivity (Wildman–Crippen MR) is 76.7 cm³/mol. The maximum absolute atomic E-state index is 13.3. The van der Waals surface area contributed by atoms with Gasteiger partial charge < -0.3 is 10.5 Å². The highest BCUT2D eigenvalue weighted by Gasteiger charge is 2.38. The first-order chi connectivity index (χ1) is 11.3. The van der Waals surface area contributed by atoms with Crippen molar-refractivity contribution in [2.45, 2.75) is 6.18 Å². The first kappa shape index (κ1) is 15.7. The Morgan fingerprint density at radius 2 is 2.00 bits per heavy atom. The van der Waals surface area contributed by atoms with E-state index in [0.717, 1.165) is 17.0 Å². The van der Waals surface area contributed by atoms with Gasteiger partial charge in [-0.2, -0.15) is 13.2 Å². The third kappa shape index (κ3) is 2.62. The number of carbonyl (C=O) groups is 1. The number of primary amides is 1. The molecule has 0 fully saturated rings. The third-order valence-electron chi connectivity index (χ3n) is 3.23. The van der Waals surface area contributed by atoms with E-state index in [2.05, 4.69) is 15.0 Å². The van der Waals surface area contributed by atoms with Crippen LogP contribution in [0.5, 0.6) is 5.75 Å². The average Bonchev–Trinajstić information content (AvgIpc) is 2.93. The Balaban J connectivity index is 2.28. The van der Waals surface area contributed by atoms with Gasteiger partial charge >= 0.3 is 6.18 Å². The third-order valence-corrected chi connectivity index (χ3v) is 3.23. The van der Waals surface area contributed by atoms with Crippen LogP contribution in [0.3, 0.4) is 0 Å². The lowest BCUT2D eigenvalue weighted by Gasteiger charge is -2.10. The van der Waals surface area contributed by atoms with Gasteiger partial charge in [0.15, 0.2) is 5.82 Å². The molecule has 124 valence electrons. The Morgan fingerprint density at radius 3 is 2.54 bits per heavy atom. The molecule has 2 heterocycles. The molecular formula is C14H10F3N5O2. The number of nitrogens with zero attached hydrogens (tertiary/aromatic N) is 4. The lowest BCUT2D eigenvalue weighted by Crippen LogP contribution is -2.17.